The first kappa shape index (κ1) is 11.5. The summed E-state index contributed by atoms with van der Waals surface area (Å²) in [6.07, 6.45) is 9.08. The predicted molar refractivity (Wildman–Crippen MR) is 65.3 cm³/mol. The van der Waals surface area contributed by atoms with E-state index in [4.69, 9.17) is 0 Å². The molecule has 0 aliphatic heterocycles. The van der Waals surface area contributed by atoms with Crippen LogP contribution in [0.2, 0.25) is 0 Å². The molecule has 16 heavy (non-hydrogen) atoms. The monoisotopic (exact) mass is 219 g/mol. The maximum absolute atomic E-state index is 4.47. The average molecular weight is 219 g/mol. The minimum atomic E-state index is 0.380. The zero-order chi connectivity index (χ0) is 11.6. The van der Waals surface area contributed by atoms with Gasteiger partial charge in [0.25, 0.3) is 0 Å². The minimum absolute atomic E-state index is 0.380. The zero-order valence-electron chi connectivity index (χ0n) is 10.4. The Kier molecular flexibility index (Phi) is 3.24. The predicted octanol–water partition coefficient (Wildman–Crippen LogP) is 2.36. The van der Waals surface area contributed by atoms with Gasteiger partial charge in [-0.15, -0.1) is 0 Å². The number of rotatable bonds is 4. The molecular weight excluding hydrogens is 198 g/mol. The van der Waals surface area contributed by atoms with Gasteiger partial charge in [0.2, 0.25) is 0 Å². The van der Waals surface area contributed by atoms with Gasteiger partial charge in [0.15, 0.2) is 0 Å². The van der Waals surface area contributed by atoms with Gasteiger partial charge in [-0.05, 0) is 31.7 Å². The second kappa shape index (κ2) is 4.50. The first-order valence-electron chi connectivity index (χ1n) is 6.21. The molecule has 1 aromatic heterocycles. The molecular formula is C13H21N3. The van der Waals surface area contributed by atoms with Crippen molar-refractivity contribution < 1.29 is 0 Å². The van der Waals surface area contributed by atoms with E-state index in [1.807, 2.05) is 6.20 Å². The highest BCUT2D eigenvalue weighted by atomic mass is 14.9. The van der Waals surface area contributed by atoms with E-state index < -0.39 is 0 Å². The van der Waals surface area contributed by atoms with Crippen molar-refractivity contribution in [3.05, 3.63) is 24.3 Å². The largest absolute Gasteiger partial charge is 0.316 e. The SMILES string of the molecule is CCC1(CC)C(NC)CC1c1cnccn1. The molecule has 1 aliphatic rings. The maximum atomic E-state index is 4.47. The molecule has 0 saturated heterocycles. The Morgan fingerprint density at radius 3 is 2.62 bits per heavy atom. The van der Waals surface area contributed by atoms with Crippen molar-refractivity contribution in [3.8, 4) is 0 Å². The van der Waals surface area contributed by atoms with Crippen molar-refractivity contribution in [1.29, 1.82) is 0 Å². The molecule has 1 saturated carbocycles. The van der Waals surface area contributed by atoms with Crippen molar-refractivity contribution in [2.45, 2.75) is 45.1 Å². The lowest BCUT2D eigenvalue weighted by Gasteiger charge is -2.55. The van der Waals surface area contributed by atoms with Crippen LogP contribution < -0.4 is 5.32 Å². The summed E-state index contributed by atoms with van der Waals surface area (Å²) in [6, 6.07) is 0.634. The summed E-state index contributed by atoms with van der Waals surface area (Å²) in [5.41, 5.74) is 1.54. The third-order valence-corrected chi connectivity index (χ3v) is 4.46. The van der Waals surface area contributed by atoms with Gasteiger partial charge in [0.1, 0.15) is 0 Å². The first-order valence-corrected chi connectivity index (χ1v) is 6.21. The Labute approximate surface area is 97.7 Å². The summed E-state index contributed by atoms with van der Waals surface area (Å²) in [7, 11) is 2.07. The Bertz CT molecular complexity index is 332. The molecule has 0 spiro atoms. The molecule has 88 valence electrons. The number of nitrogens with one attached hydrogen (secondary N) is 1. The summed E-state index contributed by atoms with van der Waals surface area (Å²) in [5, 5.41) is 3.45. The van der Waals surface area contributed by atoms with E-state index in [0.717, 1.165) is 5.69 Å². The van der Waals surface area contributed by atoms with Crippen LogP contribution in [0.1, 0.15) is 44.7 Å². The van der Waals surface area contributed by atoms with E-state index in [-0.39, 0.29) is 0 Å². The Balaban J connectivity index is 2.25. The fourth-order valence-electron chi connectivity index (χ4n) is 3.33. The molecule has 2 rings (SSSR count). The van der Waals surface area contributed by atoms with Gasteiger partial charge in [-0.3, -0.25) is 9.97 Å². The summed E-state index contributed by atoms with van der Waals surface area (Å²) in [4.78, 5) is 8.66. The first-order chi connectivity index (χ1) is 7.78. The van der Waals surface area contributed by atoms with Crippen LogP contribution >= 0.6 is 0 Å². The van der Waals surface area contributed by atoms with Gasteiger partial charge < -0.3 is 5.32 Å². The molecule has 1 aliphatic carbocycles. The van der Waals surface area contributed by atoms with E-state index in [1.54, 1.807) is 12.4 Å². The van der Waals surface area contributed by atoms with Crippen LogP contribution in [-0.2, 0) is 0 Å². The normalized spacial score (nSPS) is 27.4. The number of hydrogen-bond donors (Lipinski definition) is 1. The Morgan fingerprint density at radius 1 is 1.38 bits per heavy atom. The van der Waals surface area contributed by atoms with Gasteiger partial charge in [0, 0.05) is 30.6 Å². The smallest absolute Gasteiger partial charge is 0.0624 e. The van der Waals surface area contributed by atoms with E-state index in [9.17, 15) is 0 Å². The third-order valence-electron chi connectivity index (χ3n) is 4.46. The highest BCUT2D eigenvalue weighted by Gasteiger charge is 2.52. The number of hydrogen-bond acceptors (Lipinski definition) is 3. The fourth-order valence-corrected chi connectivity index (χ4v) is 3.33. The highest BCUT2D eigenvalue weighted by Crippen LogP contribution is 2.56. The second-order valence-electron chi connectivity index (χ2n) is 4.70. The fraction of sp³-hybridized carbons (Fsp3) is 0.692. The summed E-state index contributed by atoms with van der Waals surface area (Å²) in [6.45, 7) is 4.58. The quantitative estimate of drug-likeness (QED) is 0.844. The van der Waals surface area contributed by atoms with Crippen LogP contribution in [0.5, 0.6) is 0 Å². The van der Waals surface area contributed by atoms with Crippen molar-refractivity contribution >= 4 is 0 Å². The van der Waals surface area contributed by atoms with Crippen LogP contribution in [0, 0.1) is 5.41 Å². The highest BCUT2D eigenvalue weighted by molar-refractivity contribution is 5.20. The van der Waals surface area contributed by atoms with Crippen molar-refractivity contribution in [2.24, 2.45) is 5.41 Å². The summed E-state index contributed by atoms with van der Waals surface area (Å²) < 4.78 is 0. The van der Waals surface area contributed by atoms with Gasteiger partial charge in [-0.2, -0.15) is 0 Å². The van der Waals surface area contributed by atoms with E-state index in [0.29, 0.717) is 17.4 Å². The minimum Gasteiger partial charge on any atom is -0.316 e. The lowest BCUT2D eigenvalue weighted by Crippen LogP contribution is -2.57. The van der Waals surface area contributed by atoms with Crippen LogP contribution in [0.15, 0.2) is 18.6 Å². The van der Waals surface area contributed by atoms with Crippen LogP contribution in [0.3, 0.4) is 0 Å². The van der Waals surface area contributed by atoms with Crippen LogP contribution in [0.4, 0.5) is 0 Å². The van der Waals surface area contributed by atoms with Crippen molar-refractivity contribution in [3.63, 3.8) is 0 Å². The molecule has 1 aromatic rings. The van der Waals surface area contributed by atoms with Gasteiger partial charge >= 0.3 is 0 Å². The maximum Gasteiger partial charge on any atom is 0.0624 e. The molecule has 0 bridgehead atoms. The zero-order valence-corrected chi connectivity index (χ0v) is 10.4. The van der Waals surface area contributed by atoms with Crippen LogP contribution in [-0.4, -0.2) is 23.1 Å². The Hall–Kier alpha value is -0.960. The molecule has 3 nitrogen and oxygen atoms in total. The molecule has 0 radical (unpaired) electrons. The molecule has 2 unspecified atom stereocenters. The molecule has 0 amide bonds. The topological polar surface area (TPSA) is 37.8 Å². The molecule has 1 N–H and O–H groups in total. The molecule has 2 atom stereocenters. The van der Waals surface area contributed by atoms with Crippen molar-refractivity contribution in [1.82, 2.24) is 15.3 Å². The lowest BCUT2D eigenvalue weighted by molar-refractivity contribution is 0.0221. The third kappa shape index (κ3) is 1.54. The van der Waals surface area contributed by atoms with E-state index in [2.05, 4.69) is 36.2 Å². The van der Waals surface area contributed by atoms with Gasteiger partial charge in [0.05, 0.1) is 5.69 Å². The lowest BCUT2D eigenvalue weighted by atomic mass is 9.53. The number of aromatic nitrogens is 2. The summed E-state index contributed by atoms with van der Waals surface area (Å²) in [5.74, 6) is 0.577. The standard InChI is InChI=1S/C13H21N3/c1-4-13(5-2)10(8-12(13)14-3)11-9-15-6-7-16-11/h6-7,9-10,12,14H,4-5,8H2,1-3H3. The van der Waals surface area contributed by atoms with Crippen LogP contribution in [0.25, 0.3) is 0 Å². The molecule has 0 aromatic carbocycles. The Morgan fingerprint density at radius 2 is 2.12 bits per heavy atom. The van der Waals surface area contributed by atoms with E-state index in [1.165, 1.54) is 19.3 Å². The van der Waals surface area contributed by atoms with Gasteiger partial charge in [-0.25, -0.2) is 0 Å². The average Bonchev–Trinajstić information content (AvgIpc) is 2.32. The molecule has 1 heterocycles. The van der Waals surface area contributed by atoms with Gasteiger partial charge in [-0.1, -0.05) is 13.8 Å². The van der Waals surface area contributed by atoms with E-state index >= 15 is 0 Å². The number of nitrogens with zero attached hydrogens (tertiary/aromatic N) is 2. The molecule has 1 fully saturated rings. The molecule has 3 heteroatoms. The second-order valence-corrected chi connectivity index (χ2v) is 4.70. The van der Waals surface area contributed by atoms with Crippen molar-refractivity contribution in [2.75, 3.05) is 7.05 Å². The summed E-state index contributed by atoms with van der Waals surface area (Å²) >= 11 is 0.